The largest absolute Gasteiger partial charge is 0.378 e. The van der Waals surface area contributed by atoms with Crippen molar-refractivity contribution in [2.24, 2.45) is 11.3 Å². The van der Waals surface area contributed by atoms with Gasteiger partial charge in [-0.15, -0.1) is 0 Å². The number of hydrogen-bond donors (Lipinski definition) is 0. The van der Waals surface area contributed by atoms with Crippen molar-refractivity contribution in [3.63, 3.8) is 0 Å². The summed E-state index contributed by atoms with van der Waals surface area (Å²) in [5.74, 6) is 0.988. The van der Waals surface area contributed by atoms with Gasteiger partial charge in [0, 0.05) is 25.3 Å². The van der Waals surface area contributed by atoms with E-state index < -0.39 is 0 Å². The molecule has 3 aliphatic rings. The second-order valence-corrected chi connectivity index (χ2v) is 8.23. The Bertz CT molecular complexity index is 617. The van der Waals surface area contributed by atoms with E-state index in [4.69, 9.17) is 9.47 Å². The quantitative estimate of drug-likeness (QED) is 0.822. The van der Waals surface area contributed by atoms with Gasteiger partial charge in [-0.25, -0.2) is 0 Å². The maximum absolute atomic E-state index is 12.8. The van der Waals surface area contributed by atoms with E-state index in [0.29, 0.717) is 0 Å². The van der Waals surface area contributed by atoms with Crippen LogP contribution in [0.5, 0.6) is 0 Å². The van der Waals surface area contributed by atoms with E-state index in [9.17, 15) is 4.79 Å². The number of hydrogen-bond acceptors (Lipinski definition) is 3. The van der Waals surface area contributed by atoms with Crippen LogP contribution in [-0.2, 0) is 9.47 Å². The number of carbonyl (C=O) groups is 1. The Balaban J connectivity index is 1.28. The van der Waals surface area contributed by atoms with Gasteiger partial charge in [-0.3, -0.25) is 4.79 Å². The minimum atomic E-state index is 0.177. The third-order valence-corrected chi connectivity index (χ3v) is 6.13. The molecule has 1 saturated carbocycles. The predicted molar refractivity (Wildman–Crippen MR) is 96.6 cm³/mol. The van der Waals surface area contributed by atoms with Crippen LogP contribution in [-0.4, -0.2) is 49.8 Å². The Labute approximate surface area is 150 Å². The standard InChI is InChI=1S/C21H29NO3/c1-16-4-2-3-5-19(16)20(23)22-10-8-21(9-11-22)12-18(25-15-21)14-24-13-17-6-7-17/h2-5,17-18H,6-15H2,1H3/t18-/m1/s1. The van der Waals surface area contributed by atoms with Crippen molar-refractivity contribution in [2.75, 3.05) is 32.9 Å². The summed E-state index contributed by atoms with van der Waals surface area (Å²) in [5, 5.41) is 0. The molecule has 3 fully saturated rings. The molecule has 1 aromatic rings. The number of ether oxygens (including phenoxy) is 2. The molecule has 0 aromatic heterocycles. The van der Waals surface area contributed by atoms with Gasteiger partial charge in [-0.05, 0) is 62.0 Å². The molecule has 2 heterocycles. The first-order valence-electron chi connectivity index (χ1n) is 9.69. The second kappa shape index (κ2) is 7.08. The van der Waals surface area contributed by atoms with Crippen LogP contribution in [0.1, 0.15) is 48.0 Å². The molecular formula is C21H29NO3. The Morgan fingerprint density at radius 2 is 2.00 bits per heavy atom. The molecule has 0 N–H and O–H groups in total. The Kier molecular flexibility index (Phi) is 4.83. The lowest BCUT2D eigenvalue weighted by atomic mass is 9.76. The summed E-state index contributed by atoms with van der Waals surface area (Å²) in [6.07, 6.45) is 6.09. The van der Waals surface area contributed by atoms with E-state index in [1.54, 1.807) is 0 Å². The molecule has 25 heavy (non-hydrogen) atoms. The van der Waals surface area contributed by atoms with Gasteiger partial charge in [-0.1, -0.05) is 18.2 Å². The summed E-state index contributed by atoms with van der Waals surface area (Å²) >= 11 is 0. The molecule has 4 nitrogen and oxygen atoms in total. The summed E-state index contributed by atoms with van der Waals surface area (Å²) in [6.45, 7) is 6.17. The van der Waals surface area contributed by atoms with Crippen molar-refractivity contribution in [1.29, 1.82) is 0 Å². The predicted octanol–water partition coefficient (Wildman–Crippen LogP) is 3.43. The number of rotatable bonds is 5. The van der Waals surface area contributed by atoms with Crippen LogP contribution in [0.3, 0.4) is 0 Å². The summed E-state index contributed by atoms with van der Waals surface area (Å²) in [4.78, 5) is 14.8. The van der Waals surface area contributed by atoms with Crippen LogP contribution >= 0.6 is 0 Å². The van der Waals surface area contributed by atoms with Crippen molar-refractivity contribution >= 4 is 5.91 Å². The first kappa shape index (κ1) is 17.0. The number of piperidine rings is 1. The topological polar surface area (TPSA) is 38.8 Å². The van der Waals surface area contributed by atoms with Crippen molar-refractivity contribution in [1.82, 2.24) is 4.90 Å². The average molecular weight is 343 g/mol. The summed E-state index contributed by atoms with van der Waals surface area (Å²) < 4.78 is 11.8. The summed E-state index contributed by atoms with van der Waals surface area (Å²) in [7, 11) is 0. The van der Waals surface area contributed by atoms with E-state index in [0.717, 1.165) is 69.2 Å². The average Bonchev–Trinajstić information content (AvgIpc) is 3.37. The lowest BCUT2D eigenvalue weighted by Crippen LogP contribution is -2.43. The van der Waals surface area contributed by atoms with Crippen molar-refractivity contribution < 1.29 is 14.3 Å². The van der Waals surface area contributed by atoms with Gasteiger partial charge >= 0.3 is 0 Å². The van der Waals surface area contributed by atoms with Gasteiger partial charge in [-0.2, -0.15) is 0 Å². The maximum atomic E-state index is 12.8. The molecule has 4 rings (SSSR count). The molecule has 2 saturated heterocycles. The summed E-state index contributed by atoms with van der Waals surface area (Å²) in [5.41, 5.74) is 2.16. The first-order valence-corrected chi connectivity index (χ1v) is 9.69. The molecule has 0 unspecified atom stereocenters. The molecular weight excluding hydrogens is 314 g/mol. The van der Waals surface area contributed by atoms with E-state index in [-0.39, 0.29) is 17.4 Å². The molecule has 1 spiro atoms. The fraction of sp³-hybridized carbons (Fsp3) is 0.667. The number of carbonyl (C=O) groups excluding carboxylic acids is 1. The molecule has 1 aliphatic carbocycles. The van der Waals surface area contributed by atoms with Crippen LogP contribution < -0.4 is 0 Å². The van der Waals surface area contributed by atoms with Gasteiger partial charge in [0.15, 0.2) is 0 Å². The third-order valence-electron chi connectivity index (χ3n) is 6.13. The number of amides is 1. The minimum Gasteiger partial charge on any atom is -0.378 e. The van der Waals surface area contributed by atoms with Gasteiger partial charge < -0.3 is 14.4 Å². The minimum absolute atomic E-state index is 0.177. The van der Waals surface area contributed by atoms with E-state index in [2.05, 4.69) is 0 Å². The highest BCUT2D eigenvalue weighted by Crippen LogP contribution is 2.42. The fourth-order valence-corrected chi connectivity index (χ4v) is 4.17. The zero-order chi connectivity index (χ0) is 17.3. The lowest BCUT2D eigenvalue weighted by molar-refractivity contribution is 0.00938. The Hall–Kier alpha value is -1.39. The second-order valence-electron chi connectivity index (χ2n) is 8.23. The van der Waals surface area contributed by atoms with E-state index >= 15 is 0 Å². The van der Waals surface area contributed by atoms with Crippen molar-refractivity contribution in [3.8, 4) is 0 Å². The van der Waals surface area contributed by atoms with Crippen LogP contribution in [0.25, 0.3) is 0 Å². The molecule has 2 aliphatic heterocycles. The van der Waals surface area contributed by atoms with Crippen molar-refractivity contribution in [2.45, 2.75) is 45.1 Å². The molecule has 1 atom stereocenters. The van der Waals surface area contributed by atoms with Crippen LogP contribution in [0.2, 0.25) is 0 Å². The van der Waals surface area contributed by atoms with Crippen LogP contribution in [0, 0.1) is 18.3 Å². The SMILES string of the molecule is Cc1ccccc1C(=O)N1CCC2(CC1)CO[C@@H](COCC1CC1)C2. The molecule has 1 amide bonds. The number of benzene rings is 1. The maximum Gasteiger partial charge on any atom is 0.254 e. The highest BCUT2D eigenvalue weighted by molar-refractivity contribution is 5.95. The zero-order valence-corrected chi connectivity index (χ0v) is 15.2. The molecule has 136 valence electrons. The lowest BCUT2D eigenvalue weighted by Gasteiger charge is -2.38. The zero-order valence-electron chi connectivity index (χ0n) is 15.2. The molecule has 1 aromatic carbocycles. The fourth-order valence-electron chi connectivity index (χ4n) is 4.17. The number of likely N-dealkylation sites (tertiary alicyclic amines) is 1. The first-order chi connectivity index (χ1) is 12.2. The van der Waals surface area contributed by atoms with Crippen LogP contribution in [0.15, 0.2) is 24.3 Å². The third kappa shape index (κ3) is 3.90. The molecule has 0 radical (unpaired) electrons. The van der Waals surface area contributed by atoms with Gasteiger partial charge in [0.05, 0.1) is 19.3 Å². The molecule has 4 heteroatoms. The highest BCUT2D eigenvalue weighted by Gasteiger charge is 2.43. The number of nitrogens with zero attached hydrogens (tertiary/aromatic N) is 1. The monoisotopic (exact) mass is 343 g/mol. The van der Waals surface area contributed by atoms with E-state index in [1.807, 2.05) is 36.1 Å². The molecule has 0 bridgehead atoms. The normalized spacial score (nSPS) is 25.5. The van der Waals surface area contributed by atoms with Gasteiger partial charge in [0.25, 0.3) is 5.91 Å². The Morgan fingerprint density at radius 1 is 1.24 bits per heavy atom. The highest BCUT2D eigenvalue weighted by atomic mass is 16.5. The van der Waals surface area contributed by atoms with Gasteiger partial charge in [0.2, 0.25) is 0 Å². The summed E-state index contributed by atoms with van der Waals surface area (Å²) in [6, 6.07) is 7.88. The van der Waals surface area contributed by atoms with Crippen LogP contribution in [0.4, 0.5) is 0 Å². The van der Waals surface area contributed by atoms with E-state index in [1.165, 1.54) is 12.8 Å². The van der Waals surface area contributed by atoms with Gasteiger partial charge in [0.1, 0.15) is 0 Å². The Morgan fingerprint density at radius 3 is 2.72 bits per heavy atom. The smallest absolute Gasteiger partial charge is 0.254 e. The number of aryl methyl sites for hydroxylation is 1. The van der Waals surface area contributed by atoms with Crippen molar-refractivity contribution in [3.05, 3.63) is 35.4 Å².